The molecule has 14 heteroatoms. The van der Waals surface area contributed by atoms with Crippen LogP contribution in [0.5, 0.6) is 0 Å². The fourth-order valence-corrected chi connectivity index (χ4v) is 5.27. The molecule has 2 fully saturated rings. The van der Waals surface area contributed by atoms with Crippen molar-refractivity contribution in [1.82, 2.24) is 5.32 Å². The number of aliphatic hydroxyl groups is 8. The molecule has 0 bridgehead atoms. The molecule has 272 valence electrons. The van der Waals surface area contributed by atoms with Crippen LogP contribution in [0.4, 0.5) is 0 Å². The van der Waals surface area contributed by atoms with Gasteiger partial charge < -0.3 is 65.1 Å². The van der Waals surface area contributed by atoms with Crippen LogP contribution in [0.1, 0.15) is 71.6 Å². The minimum Gasteiger partial charge on any atom is -0.394 e. The molecule has 12 atom stereocenters. The van der Waals surface area contributed by atoms with Gasteiger partial charge in [0.15, 0.2) is 12.6 Å². The largest absolute Gasteiger partial charge is 0.394 e. The highest BCUT2D eigenvalue weighted by molar-refractivity contribution is 5.76. The minimum absolute atomic E-state index is 0.260. The van der Waals surface area contributed by atoms with Gasteiger partial charge in [0.1, 0.15) is 48.8 Å². The Kier molecular flexibility index (Phi) is 20.0. The number of allylic oxidation sites excluding steroid dienone is 5. The van der Waals surface area contributed by atoms with Gasteiger partial charge >= 0.3 is 0 Å². The third kappa shape index (κ3) is 13.6. The Balaban J connectivity index is 2.04. The SMILES string of the molecule is C/C=C/CC/C=C/CC/C=C/C(O)C(COC1OC(CO)C(OC2OC(CO)C(O)C(O)C2O)C(O)C1O)NC(=O)CCCCCC. The molecule has 2 heterocycles. The average Bonchev–Trinajstić information content (AvgIpc) is 3.06. The van der Waals surface area contributed by atoms with E-state index in [1.165, 1.54) is 0 Å². The predicted octanol–water partition coefficient (Wildman–Crippen LogP) is -0.308. The van der Waals surface area contributed by atoms with Crippen LogP contribution in [0.3, 0.4) is 0 Å². The summed E-state index contributed by atoms with van der Waals surface area (Å²) in [5.41, 5.74) is 0. The van der Waals surface area contributed by atoms with Crippen LogP contribution in [0.25, 0.3) is 0 Å². The molecule has 12 unspecified atom stereocenters. The van der Waals surface area contributed by atoms with Crippen molar-refractivity contribution in [3.63, 3.8) is 0 Å². The van der Waals surface area contributed by atoms with Crippen LogP contribution in [0, 0.1) is 0 Å². The maximum Gasteiger partial charge on any atom is 0.220 e. The molecule has 0 aromatic rings. The van der Waals surface area contributed by atoms with E-state index < -0.39 is 86.8 Å². The molecule has 2 aliphatic rings. The van der Waals surface area contributed by atoms with E-state index in [4.69, 9.17) is 18.9 Å². The van der Waals surface area contributed by atoms with Gasteiger partial charge in [0, 0.05) is 6.42 Å². The number of nitrogens with one attached hydrogen (secondary N) is 1. The maximum absolute atomic E-state index is 12.7. The van der Waals surface area contributed by atoms with E-state index in [2.05, 4.69) is 30.5 Å². The van der Waals surface area contributed by atoms with E-state index in [0.717, 1.165) is 38.5 Å². The van der Waals surface area contributed by atoms with Crippen molar-refractivity contribution in [3.05, 3.63) is 36.5 Å². The van der Waals surface area contributed by atoms with Crippen molar-refractivity contribution >= 4 is 5.91 Å². The number of unbranched alkanes of at least 4 members (excludes halogenated alkanes) is 5. The number of ether oxygens (including phenoxy) is 4. The highest BCUT2D eigenvalue weighted by Crippen LogP contribution is 2.29. The highest BCUT2D eigenvalue weighted by atomic mass is 16.7. The molecular formula is C33H57NO13. The molecule has 1 amide bonds. The Morgan fingerprint density at radius 3 is 2.04 bits per heavy atom. The number of hydrogen-bond acceptors (Lipinski definition) is 13. The lowest BCUT2D eigenvalue weighted by Gasteiger charge is -2.46. The van der Waals surface area contributed by atoms with Crippen molar-refractivity contribution in [3.8, 4) is 0 Å². The number of carbonyl (C=O) groups excluding carboxylic acids is 1. The van der Waals surface area contributed by atoms with Crippen LogP contribution >= 0.6 is 0 Å². The van der Waals surface area contributed by atoms with E-state index >= 15 is 0 Å². The Labute approximate surface area is 277 Å². The molecule has 14 nitrogen and oxygen atoms in total. The number of rotatable bonds is 21. The van der Waals surface area contributed by atoms with E-state index in [1.54, 1.807) is 12.2 Å². The smallest absolute Gasteiger partial charge is 0.220 e. The first-order chi connectivity index (χ1) is 22.6. The van der Waals surface area contributed by atoms with E-state index in [9.17, 15) is 45.6 Å². The lowest BCUT2D eigenvalue weighted by molar-refractivity contribution is -0.359. The second-order valence-electron chi connectivity index (χ2n) is 11.9. The molecule has 0 radical (unpaired) electrons. The zero-order valence-electron chi connectivity index (χ0n) is 27.5. The normalized spacial score (nSPS) is 33.1. The van der Waals surface area contributed by atoms with Crippen LogP contribution in [0.2, 0.25) is 0 Å². The molecule has 0 aliphatic carbocycles. The molecule has 2 saturated heterocycles. The van der Waals surface area contributed by atoms with Crippen LogP contribution in [0.15, 0.2) is 36.5 Å². The monoisotopic (exact) mass is 675 g/mol. The Hall–Kier alpha value is -1.79. The van der Waals surface area contributed by atoms with E-state index in [-0.39, 0.29) is 18.9 Å². The van der Waals surface area contributed by atoms with Crippen LogP contribution < -0.4 is 5.32 Å². The molecule has 9 N–H and O–H groups in total. The topological polar surface area (TPSA) is 228 Å². The lowest BCUT2D eigenvalue weighted by Crippen LogP contribution is -2.65. The van der Waals surface area contributed by atoms with Crippen molar-refractivity contribution in [2.75, 3.05) is 19.8 Å². The number of aliphatic hydroxyl groups excluding tert-OH is 8. The molecule has 0 spiro atoms. The average molecular weight is 676 g/mol. The fraction of sp³-hybridized carbons (Fsp3) is 0.788. The second-order valence-corrected chi connectivity index (χ2v) is 11.9. The van der Waals surface area contributed by atoms with Crippen molar-refractivity contribution in [2.45, 2.75) is 145 Å². The first kappa shape index (κ1) is 41.4. The first-order valence-corrected chi connectivity index (χ1v) is 16.7. The highest BCUT2D eigenvalue weighted by Gasteiger charge is 2.50. The summed E-state index contributed by atoms with van der Waals surface area (Å²) in [6.45, 7) is 2.30. The molecule has 47 heavy (non-hydrogen) atoms. The molecule has 2 aliphatic heterocycles. The number of hydrogen-bond donors (Lipinski definition) is 9. The van der Waals surface area contributed by atoms with Crippen molar-refractivity contribution in [2.24, 2.45) is 0 Å². The first-order valence-electron chi connectivity index (χ1n) is 16.7. The summed E-state index contributed by atoms with van der Waals surface area (Å²) in [6, 6.07) is -0.926. The molecular weight excluding hydrogens is 618 g/mol. The van der Waals surface area contributed by atoms with E-state index in [0.29, 0.717) is 12.8 Å². The van der Waals surface area contributed by atoms with Crippen molar-refractivity contribution in [1.29, 1.82) is 0 Å². The third-order valence-electron chi connectivity index (χ3n) is 8.15. The van der Waals surface area contributed by atoms with Gasteiger partial charge in [0.05, 0.1) is 32.0 Å². The van der Waals surface area contributed by atoms with E-state index in [1.807, 2.05) is 13.0 Å². The third-order valence-corrected chi connectivity index (χ3v) is 8.15. The van der Waals surface area contributed by atoms with Crippen LogP contribution in [-0.2, 0) is 23.7 Å². The lowest BCUT2D eigenvalue weighted by atomic mass is 9.97. The maximum atomic E-state index is 12.7. The molecule has 0 aromatic carbocycles. The van der Waals surface area contributed by atoms with Gasteiger partial charge in [-0.25, -0.2) is 0 Å². The van der Waals surface area contributed by atoms with Gasteiger partial charge in [-0.15, -0.1) is 0 Å². The Morgan fingerprint density at radius 1 is 0.787 bits per heavy atom. The van der Waals surface area contributed by atoms with Gasteiger partial charge in [0.25, 0.3) is 0 Å². The predicted molar refractivity (Wildman–Crippen MR) is 171 cm³/mol. The van der Waals surface area contributed by atoms with Crippen molar-refractivity contribution < 1.29 is 64.6 Å². The molecule has 0 saturated carbocycles. The van der Waals surface area contributed by atoms with Gasteiger partial charge in [-0.2, -0.15) is 0 Å². The summed E-state index contributed by atoms with van der Waals surface area (Å²) in [4.78, 5) is 12.7. The zero-order chi connectivity index (χ0) is 34.8. The summed E-state index contributed by atoms with van der Waals surface area (Å²) in [5.74, 6) is -0.280. The summed E-state index contributed by atoms with van der Waals surface area (Å²) in [6.07, 6.45) is 1.82. The van der Waals surface area contributed by atoms with Gasteiger partial charge in [-0.05, 0) is 39.0 Å². The quantitative estimate of drug-likeness (QED) is 0.0563. The number of amides is 1. The number of carbonyl (C=O) groups is 1. The molecule has 2 rings (SSSR count). The fourth-order valence-electron chi connectivity index (χ4n) is 5.27. The van der Waals surface area contributed by atoms with Gasteiger partial charge in [-0.1, -0.05) is 62.6 Å². The Bertz CT molecular complexity index is 945. The summed E-state index contributed by atoms with van der Waals surface area (Å²) < 4.78 is 22.3. The molecule has 0 aromatic heterocycles. The minimum atomic E-state index is -1.79. The summed E-state index contributed by atoms with van der Waals surface area (Å²) in [5, 5.41) is 85.3. The summed E-state index contributed by atoms with van der Waals surface area (Å²) >= 11 is 0. The van der Waals surface area contributed by atoms with Gasteiger partial charge in [-0.3, -0.25) is 4.79 Å². The zero-order valence-corrected chi connectivity index (χ0v) is 27.5. The Morgan fingerprint density at radius 2 is 1.40 bits per heavy atom. The summed E-state index contributed by atoms with van der Waals surface area (Å²) in [7, 11) is 0. The second kappa shape index (κ2) is 22.8. The van der Waals surface area contributed by atoms with Gasteiger partial charge in [0.2, 0.25) is 5.91 Å². The van der Waals surface area contributed by atoms with Crippen LogP contribution in [-0.4, -0.2) is 140 Å². The standard InChI is InChI=1S/C33H57NO13/c1-3-5-7-9-10-11-12-13-14-16-22(37)21(34-25(38)17-15-8-6-4-2)20-44-32-30(43)28(41)31(24(19-36)46-32)47-33-29(42)27(40)26(39)23(18-35)45-33/h3,5,10-11,14,16,21-24,26-33,35-37,39-43H,4,6-9,12-13,15,17-20H2,1-2H3,(H,34,38)/b5-3+,11-10+,16-14+.